The van der Waals surface area contributed by atoms with Crippen molar-refractivity contribution in [2.45, 2.75) is 6.92 Å². The molecule has 7 heteroatoms. The van der Waals surface area contributed by atoms with E-state index in [2.05, 4.69) is 15.8 Å². The molecule has 4 rings (SSSR count). The molecule has 32 heavy (non-hydrogen) atoms. The fraction of sp³-hybridized carbons (Fsp3) is 0.0800. The number of hydrogen-bond donors (Lipinski definition) is 2. The summed E-state index contributed by atoms with van der Waals surface area (Å²) in [4.78, 5) is 24.1. The van der Waals surface area contributed by atoms with E-state index in [4.69, 9.17) is 9.15 Å². The average Bonchev–Trinajstić information content (AvgIpc) is 3.37. The second-order valence-electron chi connectivity index (χ2n) is 7.04. The Morgan fingerprint density at radius 1 is 0.938 bits per heavy atom. The Hall–Kier alpha value is -4.39. The fourth-order valence-electron chi connectivity index (χ4n) is 3.04. The number of ether oxygens (including phenoxy) is 1. The van der Waals surface area contributed by atoms with Gasteiger partial charge in [-0.2, -0.15) is 5.10 Å². The van der Waals surface area contributed by atoms with Crippen molar-refractivity contribution in [1.29, 1.82) is 0 Å². The Balaban J connectivity index is 1.29. The molecule has 0 aliphatic carbocycles. The molecule has 0 bridgehead atoms. The predicted molar refractivity (Wildman–Crippen MR) is 123 cm³/mol. The molecule has 1 heterocycles. The number of furan rings is 1. The lowest BCUT2D eigenvalue weighted by Crippen LogP contribution is -2.25. The SMILES string of the molecule is C/C(=N\NC(=O)COc1ccc2ccccc2c1)c1ccc(NC(=O)c2ccco2)cc1. The summed E-state index contributed by atoms with van der Waals surface area (Å²) in [5.74, 6) is 0.166. The number of amides is 2. The Morgan fingerprint density at radius 3 is 2.47 bits per heavy atom. The van der Waals surface area contributed by atoms with Crippen molar-refractivity contribution >= 4 is 34.0 Å². The van der Waals surface area contributed by atoms with Gasteiger partial charge in [0, 0.05) is 5.69 Å². The second kappa shape index (κ2) is 9.61. The number of hydrogen-bond acceptors (Lipinski definition) is 5. The standard InChI is InChI=1S/C25H21N3O4/c1-17(18-8-11-21(12-9-18)26-25(30)23-7-4-14-31-23)27-28-24(29)16-32-22-13-10-19-5-2-3-6-20(19)15-22/h2-15H,16H2,1H3,(H,26,30)(H,28,29)/b27-17+. The van der Waals surface area contributed by atoms with Crippen LogP contribution < -0.4 is 15.5 Å². The number of benzene rings is 3. The highest BCUT2D eigenvalue weighted by Gasteiger charge is 2.09. The molecule has 4 aromatic rings. The van der Waals surface area contributed by atoms with Gasteiger partial charge in [-0.15, -0.1) is 0 Å². The minimum Gasteiger partial charge on any atom is -0.484 e. The van der Waals surface area contributed by atoms with E-state index < -0.39 is 0 Å². The second-order valence-corrected chi connectivity index (χ2v) is 7.04. The van der Waals surface area contributed by atoms with Gasteiger partial charge in [-0.3, -0.25) is 9.59 Å². The minimum atomic E-state index is -0.361. The van der Waals surface area contributed by atoms with Crippen molar-refractivity contribution in [2.24, 2.45) is 5.10 Å². The molecule has 0 radical (unpaired) electrons. The van der Waals surface area contributed by atoms with Crippen LogP contribution in [-0.4, -0.2) is 24.1 Å². The number of rotatable bonds is 7. The van der Waals surface area contributed by atoms with Crippen LogP contribution in [0.2, 0.25) is 0 Å². The first-order valence-corrected chi connectivity index (χ1v) is 9.98. The summed E-state index contributed by atoms with van der Waals surface area (Å²) in [6.45, 7) is 1.63. The average molecular weight is 427 g/mol. The zero-order chi connectivity index (χ0) is 22.3. The Labute approximate surface area is 184 Å². The third kappa shape index (κ3) is 5.20. The van der Waals surface area contributed by atoms with Crippen LogP contribution in [0.25, 0.3) is 10.8 Å². The van der Waals surface area contributed by atoms with Crippen LogP contribution >= 0.6 is 0 Å². The zero-order valence-corrected chi connectivity index (χ0v) is 17.4. The van der Waals surface area contributed by atoms with Crippen molar-refractivity contribution in [3.8, 4) is 5.75 Å². The molecule has 0 saturated carbocycles. The van der Waals surface area contributed by atoms with Crippen molar-refractivity contribution in [2.75, 3.05) is 11.9 Å². The van der Waals surface area contributed by atoms with Gasteiger partial charge in [-0.25, -0.2) is 5.43 Å². The summed E-state index contributed by atoms with van der Waals surface area (Å²) < 4.78 is 10.6. The number of nitrogens with one attached hydrogen (secondary N) is 2. The number of anilines is 1. The predicted octanol–water partition coefficient (Wildman–Crippen LogP) is 4.60. The van der Waals surface area contributed by atoms with Crippen LogP contribution in [-0.2, 0) is 4.79 Å². The zero-order valence-electron chi connectivity index (χ0n) is 17.4. The molecule has 0 spiro atoms. The first-order chi connectivity index (χ1) is 15.6. The maximum absolute atomic E-state index is 12.1. The highest BCUT2D eigenvalue weighted by Crippen LogP contribution is 2.20. The number of hydrazone groups is 1. The molecule has 0 aliphatic rings. The molecule has 2 N–H and O–H groups in total. The summed E-state index contributed by atoms with van der Waals surface area (Å²) in [6, 6.07) is 23.9. The van der Waals surface area contributed by atoms with E-state index in [1.165, 1.54) is 6.26 Å². The van der Waals surface area contributed by atoms with Crippen molar-refractivity contribution in [1.82, 2.24) is 5.43 Å². The third-order valence-corrected chi connectivity index (χ3v) is 4.74. The number of carbonyl (C=O) groups is 2. The summed E-state index contributed by atoms with van der Waals surface area (Å²) in [5.41, 5.74) is 4.54. The Bertz CT molecular complexity index is 1260. The molecule has 0 aliphatic heterocycles. The van der Waals surface area contributed by atoms with Gasteiger partial charge < -0.3 is 14.5 Å². The van der Waals surface area contributed by atoms with Crippen molar-refractivity contribution in [3.63, 3.8) is 0 Å². The fourth-order valence-corrected chi connectivity index (χ4v) is 3.04. The van der Waals surface area contributed by atoms with E-state index in [1.54, 1.807) is 43.3 Å². The maximum atomic E-state index is 12.1. The smallest absolute Gasteiger partial charge is 0.291 e. The normalized spacial score (nSPS) is 11.2. The van der Waals surface area contributed by atoms with Crippen molar-refractivity contribution in [3.05, 3.63) is 96.4 Å². The molecule has 0 unspecified atom stereocenters. The van der Waals surface area contributed by atoms with Gasteiger partial charge in [-0.05, 0) is 59.7 Å². The topological polar surface area (TPSA) is 92.9 Å². The van der Waals surface area contributed by atoms with Gasteiger partial charge in [0.1, 0.15) is 5.75 Å². The summed E-state index contributed by atoms with van der Waals surface area (Å²) >= 11 is 0. The van der Waals surface area contributed by atoms with Gasteiger partial charge in [-0.1, -0.05) is 42.5 Å². The highest BCUT2D eigenvalue weighted by atomic mass is 16.5. The molecular formula is C25H21N3O4. The maximum Gasteiger partial charge on any atom is 0.291 e. The van der Waals surface area contributed by atoms with Gasteiger partial charge in [0.15, 0.2) is 12.4 Å². The van der Waals surface area contributed by atoms with E-state index in [-0.39, 0.29) is 24.2 Å². The number of fused-ring (bicyclic) bond motifs is 1. The Morgan fingerprint density at radius 2 is 1.72 bits per heavy atom. The highest BCUT2D eigenvalue weighted by molar-refractivity contribution is 6.03. The van der Waals surface area contributed by atoms with E-state index in [1.807, 2.05) is 42.5 Å². The van der Waals surface area contributed by atoms with Crippen LogP contribution in [0, 0.1) is 0 Å². The van der Waals surface area contributed by atoms with Crippen LogP contribution in [0.1, 0.15) is 23.0 Å². The van der Waals surface area contributed by atoms with Crippen LogP contribution in [0.15, 0.2) is 94.6 Å². The minimum absolute atomic E-state index is 0.146. The molecule has 0 fully saturated rings. The molecule has 7 nitrogen and oxygen atoms in total. The van der Waals surface area contributed by atoms with Gasteiger partial charge in [0.25, 0.3) is 11.8 Å². The Kier molecular flexibility index (Phi) is 6.27. The lowest BCUT2D eigenvalue weighted by Gasteiger charge is -2.08. The van der Waals surface area contributed by atoms with Crippen molar-refractivity contribution < 1.29 is 18.7 Å². The first kappa shape index (κ1) is 20.9. The first-order valence-electron chi connectivity index (χ1n) is 9.98. The summed E-state index contributed by atoms with van der Waals surface area (Å²) in [5, 5.41) is 9.02. The molecule has 2 amide bonds. The quantitative estimate of drug-likeness (QED) is 0.333. The van der Waals surface area contributed by atoms with E-state index in [9.17, 15) is 9.59 Å². The lowest BCUT2D eigenvalue weighted by atomic mass is 10.1. The van der Waals surface area contributed by atoms with E-state index in [0.29, 0.717) is 17.1 Å². The molecule has 0 saturated heterocycles. The molecule has 3 aromatic carbocycles. The van der Waals surface area contributed by atoms with Crippen LogP contribution in [0.5, 0.6) is 5.75 Å². The third-order valence-electron chi connectivity index (χ3n) is 4.74. The molecular weight excluding hydrogens is 406 g/mol. The molecule has 1 aromatic heterocycles. The lowest BCUT2D eigenvalue weighted by molar-refractivity contribution is -0.123. The van der Waals surface area contributed by atoms with Crippen LogP contribution in [0.4, 0.5) is 5.69 Å². The monoisotopic (exact) mass is 427 g/mol. The molecule has 0 atom stereocenters. The van der Waals surface area contributed by atoms with E-state index in [0.717, 1.165) is 16.3 Å². The number of carbonyl (C=O) groups excluding carboxylic acids is 2. The van der Waals surface area contributed by atoms with Gasteiger partial charge in [0.2, 0.25) is 0 Å². The van der Waals surface area contributed by atoms with Gasteiger partial charge in [0.05, 0.1) is 12.0 Å². The van der Waals surface area contributed by atoms with E-state index >= 15 is 0 Å². The largest absolute Gasteiger partial charge is 0.484 e. The van der Waals surface area contributed by atoms with Crippen LogP contribution in [0.3, 0.4) is 0 Å². The summed E-state index contributed by atoms with van der Waals surface area (Å²) in [6.07, 6.45) is 1.44. The molecule has 160 valence electrons. The number of nitrogens with zero attached hydrogens (tertiary/aromatic N) is 1. The summed E-state index contributed by atoms with van der Waals surface area (Å²) in [7, 11) is 0. The van der Waals surface area contributed by atoms with Gasteiger partial charge >= 0.3 is 0 Å².